The highest BCUT2D eigenvalue weighted by molar-refractivity contribution is 5.39. The van der Waals surface area contributed by atoms with Gasteiger partial charge < -0.3 is 9.84 Å². The van der Waals surface area contributed by atoms with Gasteiger partial charge in [0, 0.05) is 6.04 Å². The van der Waals surface area contributed by atoms with Gasteiger partial charge in [-0.05, 0) is 43.1 Å². The Labute approximate surface area is 111 Å². The molecular weight excluding hydrogens is 252 g/mol. The molecule has 0 saturated heterocycles. The van der Waals surface area contributed by atoms with Crippen LogP contribution in [0.5, 0.6) is 5.75 Å². The summed E-state index contributed by atoms with van der Waals surface area (Å²) >= 11 is 0. The van der Waals surface area contributed by atoms with Crippen LogP contribution in [0.15, 0.2) is 18.2 Å². The molecule has 2 rings (SSSR count). The summed E-state index contributed by atoms with van der Waals surface area (Å²) in [5, 5.41) is 10.3. The van der Waals surface area contributed by atoms with Crippen LogP contribution in [0.4, 0.5) is 8.78 Å². The van der Waals surface area contributed by atoms with Crippen LogP contribution in [0.2, 0.25) is 0 Å². The summed E-state index contributed by atoms with van der Waals surface area (Å²) in [6.45, 7) is -0.312. The Morgan fingerprint density at radius 1 is 1.47 bits per heavy atom. The van der Waals surface area contributed by atoms with Gasteiger partial charge in [-0.2, -0.15) is 0 Å². The molecule has 1 aromatic carbocycles. The molecule has 0 spiro atoms. The summed E-state index contributed by atoms with van der Waals surface area (Å²) in [6.07, 6.45) is -1.67. The summed E-state index contributed by atoms with van der Waals surface area (Å²) < 4.78 is 30.0. The van der Waals surface area contributed by atoms with Crippen molar-refractivity contribution in [3.8, 4) is 5.75 Å². The fourth-order valence-electron chi connectivity index (χ4n) is 2.70. The van der Waals surface area contributed by atoms with Gasteiger partial charge in [0.25, 0.3) is 6.43 Å². The zero-order valence-corrected chi connectivity index (χ0v) is 11.1. The van der Waals surface area contributed by atoms with Gasteiger partial charge in [-0.1, -0.05) is 6.07 Å². The molecule has 106 valence electrons. The van der Waals surface area contributed by atoms with E-state index < -0.39 is 12.5 Å². The molecule has 1 N–H and O–H groups in total. The fraction of sp³-hybridized carbons (Fsp3) is 0.571. The normalized spacial score (nSPS) is 22.7. The van der Waals surface area contributed by atoms with Gasteiger partial charge in [-0.3, -0.25) is 4.90 Å². The number of benzene rings is 1. The molecule has 0 aliphatic heterocycles. The van der Waals surface area contributed by atoms with Gasteiger partial charge in [-0.25, -0.2) is 8.78 Å². The average molecular weight is 271 g/mol. The van der Waals surface area contributed by atoms with Crippen LogP contribution in [0.1, 0.15) is 23.7 Å². The Morgan fingerprint density at radius 3 is 2.84 bits per heavy atom. The van der Waals surface area contributed by atoms with E-state index in [-0.39, 0.29) is 12.6 Å². The topological polar surface area (TPSA) is 32.7 Å². The number of hydrogen-bond acceptors (Lipinski definition) is 3. The molecule has 1 aromatic rings. The van der Waals surface area contributed by atoms with E-state index in [9.17, 15) is 13.9 Å². The van der Waals surface area contributed by atoms with Crippen LogP contribution in [-0.2, 0) is 6.42 Å². The van der Waals surface area contributed by atoms with Gasteiger partial charge in [-0.15, -0.1) is 0 Å². The van der Waals surface area contributed by atoms with Gasteiger partial charge >= 0.3 is 0 Å². The second-order valence-corrected chi connectivity index (χ2v) is 4.95. The Kier molecular flexibility index (Phi) is 4.37. The zero-order chi connectivity index (χ0) is 14.0. The lowest BCUT2D eigenvalue weighted by molar-refractivity contribution is 0.0153. The van der Waals surface area contributed by atoms with Crippen LogP contribution in [0.3, 0.4) is 0 Å². The maximum Gasteiger partial charge on any atom is 0.251 e. The van der Waals surface area contributed by atoms with E-state index >= 15 is 0 Å². The monoisotopic (exact) mass is 271 g/mol. The average Bonchev–Trinajstić information content (AvgIpc) is 2.37. The van der Waals surface area contributed by atoms with Crippen LogP contribution in [0.25, 0.3) is 0 Å². The molecule has 0 bridgehead atoms. The number of methoxy groups -OCH3 is 1. The second kappa shape index (κ2) is 5.84. The summed E-state index contributed by atoms with van der Waals surface area (Å²) in [5.74, 6) is 0.755. The third-order valence-corrected chi connectivity index (χ3v) is 3.73. The summed E-state index contributed by atoms with van der Waals surface area (Å²) in [6, 6.07) is 5.26. The molecule has 0 amide bonds. The number of alkyl halides is 2. The van der Waals surface area contributed by atoms with Crippen LogP contribution >= 0.6 is 0 Å². The molecule has 19 heavy (non-hydrogen) atoms. The van der Waals surface area contributed by atoms with E-state index in [1.54, 1.807) is 25.1 Å². The highest BCUT2D eigenvalue weighted by Crippen LogP contribution is 2.34. The lowest BCUT2D eigenvalue weighted by Crippen LogP contribution is -2.42. The number of aryl methyl sites for hydroxylation is 1. The Morgan fingerprint density at radius 2 is 2.21 bits per heavy atom. The minimum Gasteiger partial charge on any atom is -0.497 e. The molecule has 0 aromatic heterocycles. The largest absolute Gasteiger partial charge is 0.497 e. The molecule has 1 aliphatic carbocycles. The SMILES string of the molecule is COc1ccc2c(c1)CCC(N(C)CC(F)F)C2O. The number of rotatable bonds is 4. The minimum atomic E-state index is -2.38. The first kappa shape index (κ1) is 14.2. The van der Waals surface area contributed by atoms with Crippen molar-refractivity contribution in [3.05, 3.63) is 29.3 Å². The summed E-state index contributed by atoms with van der Waals surface area (Å²) in [4.78, 5) is 1.54. The Hall–Kier alpha value is -1.20. The quantitative estimate of drug-likeness (QED) is 0.911. The minimum absolute atomic E-state index is 0.255. The third kappa shape index (κ3) is 3.04. The van der Waals surface area contributed by atoms with Gasteiger partial charge in [0.1, 0.15) is 5.75 Å². The van der Waals surface area contributed by atoms with Crippen molar-refractivity contribution < 1.29 is 18.6 Å². The number of fused-ring (bicyclic) bond motifs is 1. The maximum atomic E-state index is 12.4. The van der Waals surface area contributed by atoms with E-state index in [2.05, 4.69) is 0 Å². The summed E-state index contributed by atoms with van der Waals surface area (Å²) in [5.41, 5.74) is 1.85. The lowest BCUT2D eigenvalue weighted by atomic mass is 9.85. The Balaban J connectivity index is 2.17. The predicted molar refractivity (Wildman–Crippen MR) is 68.7 cm³/mol. The van der Waals surface area contributed by atoms with Crippen LogP contribution in [0, 0.1) is 0 Å². The molecule has 0 fully saturated rings. The lowest BCUT2D eigenvalue weighted by Gasteiger charge is -2.36. The van der Waals surface area contributed by atoms with E-state index in [4.69, 9.17) is 4.74 Å². The molecule has 0 heterocycles. The number of likely N-dealkylation sites (N-methyl/N-ethyl adjacent to an activating group) is 1. The predicted octanol–water partition coefficient (Wildman–Crippen LogP) is 2.24. The van der Waals surface area contributed by atoms with E-state index in [0.29, 0.717) is 6.42 Å². The summed E-state index contributed by atoms with van der Waals surface area (Å²) in [7, 11) is 3.23. The highest BCUT2D eigenvalue weighted by atomic mass is 19.3. The van der Waals surface area contributed by atoms with E-state index in [1.165, 1.54) is 0 Å². The van der Waals surface area contributed by atoms with Crippen molar-refractivity contribution in [3.63, 3.8) is 0 Å². The highest BCUT2D eigenvalue weighted by Gasteiger charge is 2.31. The van der Waals surface area contributed by atoms with Crippen molar-refractivity contribution in [2.75, 3.05) is 20.7 Å². The first-order chi connectivity index (χ1) is 9.02. The molecule has 2 atom stereocenters. The van der Waals surface area contributed by atoms with Crippen molar-refractivity contribution >= 4 is 0 Å². The third-order valence-electron chi connectivity index (χ3n) is 3.73. The smallest absolute Gasteiger partial charge is 0.251 e. The van der Waals surface area contributed by atoms with Gasteiger partial charge in [0.2, 0.25) is 0 Å². The number of hydrogen-bond donors (Lipinski definition) is 1. The Bertz CT molecular complexity index is 439. The van der Waals surface area contributed by atoms with Crippen LogP contribution < -0.4 is 4.74 Å². The van der Waals surface area contributed by atoms with Crippen molar-refractivity contribution in [1.29, 1.82) is 0 Å². The molecular formula is C14H19F2NO2. The molecule has 3 nitrogen and oxygen atoms in total. The molecule has 5 heteroatoms. The van der Waals surface area contributed by atoms with Gasteiger partial charge in [0.15, 0.2) is 0 Å². The first-order valence-corrected chi connectivity index (χ1v) is 6.36. The van der Waals surface area contributed by atoms with Gasteiger partial charge in [0.05, 0.1) is 19.8 Å². The molecule has 2 unspecified atom stereocenters. The number of aliphatic hydroxyl groups excluding tert-OH is 1. The number of halogens is 2. The number of aliphatic hydroxyl groups is 1. The zero-order valence-electron chi connectivity index (χ0n) is 11.1. The number of ether oxygens (including phenoxy) is 1. The molecule has 0 radical (unpaired) electrons. The number of nitrogens with zero attached hydrogens (tertiary/aromatic N) is 1. The molecule has 0 saturated carbocycles. The standard InChI is InChI=1S/C14H19F2NO2/c1-17(8-13(15)16)12-6-3-9-7-10(19-2)4-5-11(9)14(12)18/h4-5,7,12-14,18H,3,6,8H2,1-2H3. The van der Waals surface area contributed by atoms with E-state index in [1.807, 2.05) is 12.1 Å². The maximum absolute atomic E-state index is 12.4. The second-order valence-electron chi connectivity index (χ2n) is 4.95. The molecule has 1 aliphatic rings. The fourth-order valence-corrected chi connectivity index (χ4v) is 2.70. The van der Waals surface area contributed by atoms with Crippen molar-refractivity contribution in [2.24, 2.45) is 0 Å². The first-order valence-electron chi connectivity index (χ1n) is 6.36. The van der Waals surface area contributed by atoms with Crippen LogP contribution in [-0.4, -0.2) is 43.2 Å². The van der Waals surface area contributed by atoms with Crippen molar-refractivity contribution in [2.45, 2.75) is 31.4 Å². The van der Waals surface area contributed by atoms with E-state index in [0.717, 1.165) is 23.3 Å². The van der Waals surface area contributed by atoms with Crippen molar-refractivity contribution in [1.82, 2.24) is 4.90 Å².